The first-order valence-electron chi connectivity index (χ1n) is 7.12. The fraction of sp³-hybridized carbons (Fsp3) is 0.600. The van der Waals surface area contributed by atoms with E-state index in [0.717, 1.165) is 38.1 Å². The highest BCUT2D eigenvalue weighted by Crippen LogP contribution is 2.24. The summed E-state index contributed by atoms with van der Waals surface area (Å²) >= 11 is 6.13. The van der Waals surface area contributed by atoms with Crippen LogP contribution in [0.2, 0.25) is 5.02 Å². The van der Waals surface area contributed by atoms with Crippen LogP contribution in [0.15, 0.2) is 18.2 Å². The number of ether oxygens (including phenoxy) is 2. The van der Waals surface area contributed by atoms with Crippen molar-refractivity contribution in [1.29, 1.82) is 0 Å². The van der Waals surface area contributed by atoms with Crippen LogP contribution in [0, 0.1) is 5.82 Å². The first kappa shape index (κ1) is 14.3. The molecule has 1 aromatic carbocycles. The summed E-state index contributed by atoms with van der Waals surface area (Å²) < 4.78 is 24.8. The lowest BCUT2D eigenvalue weighted by molar-refractivity contribution is -0.0960. The van der Waals surface area contributed by atoms with Gasteiger partial charge in [0.25, 0.3) is 0 Å². The maximum Gasteiger partial charge on any atom is 0.123 e. The van der Waals surface area contributed by atoms with Crippen LogP contribution in [-0.4, -0.2) is 43.4 Å². The Balaban J connectivity index is 1.63. The van der Waals surface area contributed by atoms with Crippen molar-refractivity contribution in [3.05, 3.63) is 34.6 Å². The maximum absolute atomic E-state index is 13.3. The van der Waals surface area contributed by atoms with Gasteiger partial charge in [-0.15, -0.1) is 0 Å². The zero-order chi connectivity index (χ0) is 13.9. The van der Waals surface area contributed by atoms with E-state index in [4.69, 9.17) is 21.1 Å². The minimum Gasteiger partial charge on any atom is -0.375 e. The van der Waals surface area contributed by atoms with Crippen LogP contribution >= 0.6 is 11.6 Å². The molecule has 0 spiro atoms. The van der Waals surface area contributed by atoms with Crippen molar-refractivity contribution in [2.45, 2.75) is 31.6 Å². The molecular weight excluding hydrogens is 281 g/mol. The highest BCUT2D eigenvalue weighted by Gasteiger charge is 2.31. The largest absolute Gasteiger partial charge is 0.375 e. The number of nitrogens with zero attached hydrogens (tertiary/aromatic N) is 1. The van der Waals surface area contributed by atoms with E-state index in [9.17, 15) is 4.39 Å². The van der Waals surface area contributed by atoms with Crippen LogP contribution < -0.4 is 0 Å². The second-order valence-corrected chi connectivity index (χ2v) is 5.84. The molecule has 2 fully saturated rings. The van der Waals surface area contributed by atoms with E-state index >= 15 is 0 Å². The summed E-state index contributed by atoms with van der Waals surface area (Å²) in [6.07, 6.45) is 2.51. The topological polar surface area (TPSA) is 21.7 Å². The van der Waals surface area contributed by atoms with Crippen molar-refractivity contribution in [3.63, 3.8) is 0 Å². The third-order valence-corrected chi connectivity index (χ3v) is 4.33. The van der Waals surface area contributed by atoms with Gasteiger partial charge < -0.3 is 9.47 Å². The molecule has 5 heteroatoms. The third-order valence-electron chi connectivity index (χ3n) is 3.96. The number of hydrogen-bond donors (Lipinski definition) is 0. The molecule has 0 bridgehead atoms. The van der Waals surface area contributed by atoms with Gasteiger partial charge in [0.2, 0.25) is 0 Å². The summed E-state index contributed by atoms with van der Waals surface area (Å²) in [5.74, 6) is -0.242. The van der Waals surface area contributed by atoms with Crippen LogP contribution in [-0.2, 0) is 16.0 Å². The Hall–Kier alpha value is -0.680. The Morgan fingerprint density at radius 2 is 2.10 bits per heavy atom. The van der Waals surface area contributed by atoms with Crippen molar-refractivity contribution in [2.24, 2.45) is 0 Å². The molecule has 0 saturated carbocycles. The number of rotatable bonds is 3. The van der Waals surface area contributed by atoms with Gasteiger partial charge in [0.15, 0.2) is 0 Å². The Kier molecular flexibility index (Phi) is 4.56. The van der Waals surface area contributed by atoms with E-state index in [1.807, 2.05) is 0 Å². The minimum absolute atomic E-state index is 0.124. The zero-order valence-electron chi connectivity index (χ0n) is 11.4. The van der Waals surface area contributed by atoms with Gasteiger partial charge in [-0.05, 0) is 36.6 Å². The van der Waals surface area contributed by atoms with E-state index in [1.165, 1.54) is 12.1 Å². The fourth-order valence-electron chi connectivity index (χ4n) is 2.90. The Bertz CT molecular complexity index is 465. The SMILES string of the molecule is Fc1ccc(Cl)c(CN2CCO[C@@H]([C@H]3CCCO3)C2)c1. The molecule has 0 unspecified atom stereocenters. The normalized spacial score (nSPS) is 27.9. The monoisotopic (exact) mass is 299 g/mol. The number of benzene rings is 1. The van der Waals surface area contributed by atoms with Crippen LogP contribution in [0.4, 0.5) is 4.39 Å². The highest BCUT2D eigenvalue weighted by atomic mass is 35.5. The molecule has 2 heterocycles. The molecule has 20 heavy (non-hydrogen) atoms. The first-order chi connectivity index (χ1) is 9.72. The molecule has 2 aliphatic rings. The molecule has 110 valence electrons. The Labute approximate surface area is 123 Å². The van der Waals surface area contributed by atoms with Crippen molar-refractivity contribution in [2.75, 3.05) is 26.3 Å². The van der Waals surface area contributed by atoms with Gasteiger partial charge in [-0.3, -0.25) is 4.90 Å². The molecule has 1 aromatic rings. The summed E-state index contributed by atoms with van der Waals surface area (Å²) in [5.41, 5.74) is 0.833. The average Bonchev–Trinajstić information content (AvgIpc) is 2.97. The lowest BCUT2D eigenvalue weighted by atomic mass is 10.1. The molecule has 2 aliphatic heterocycles. The second kappa shape index (κ2) is 6.39. The first-order valence-corrected chi connectivity index (χ1v) is 7.49. The molecule has 2 saturated heterocycles. The Morgan fingerprint density at radius 3 is 2.90 bits per heavy atom. The van der Waals surface area contributed by atoms with E-state index in [0.29, 0.717) is 18.2 Å². The Morgan fingerprint density at radius 1 is 1.25 bits per heavy atom. The zero-order valence-corrected chi connectivity index (χ0v) is 12.1. The molecule has 3 nitrogen and oxygen atoms in total. The number of hydrogen-bond acceptors (Lipinski definition) is 3. The molecule has 0 aromatic heterocycles. The summed E-state index contributed by atoms with van der Waals surface area (Å²) in [7, 11) is 0. The van der Waals surface area contributed by atoms with E-state index in [-0.39, 0.29) is 18.0 Å². The van der Waals surface area contributed by atoms with Gasteiger partial charge in [0.1, 0.15) is 5.82 Å². The van der Waals surface area contributed by atoms with Crippen LogP contribution in [0.25, 0.3) is 0 Å². The summed E-state index contributed by atoms with van der Waals surface area (Å²) in [6.45, 7) is 3.84. The number of morpholine rings is 1. The molecular formula is C15H19ClFNO2. The number of halogens is 2. The molecule has 2 atom stereocenters. The highest BCUT2D eigenvalue weighted by molar-refractivity contribution is 6.31. The van der Waals surface area contributed by atoms with E-state index in [1.54, 1.807) is 6.07 Å². The van der Waals surface area contributed by atoms with Crippen molar-refractivity contribution < 1.29 is 13.9 Å². The van der Waals surface area contributed by atoms with Gasteiger partial charge in [-0.2, -0.15) is 0 Å². The molecule has 0 N–H and O–H groups in total. The van der Waals surface area contributed by atoms with Crippen molar-refractivity contribution >= 4 is 11.6 Å². The van der Waals surface area contributed by atoms with Gasteiger partial charge in [-0.25, -0.2) is 4.39 Å². The van der Waals surface area contributed by atoms with Crippen molar-refractivity contribution in [1.82, 2.24) is 4.90 Å². The standard InChI is InChI=1S/C15H19ClFNO2/c16-13-4-3-12(17)8-11(13)9-18-5-7-20-15(10-18)14-2-1-6-19-14/h3-4,8,14-15H,1-2,5-7,9-10H2/t14-,15-/m1/s1. The van der Waals surface area contributed by atoms with Crippen LogP contribution in [0.1, 0.15) is 18.4 Å². The maximum atomic E-state index is 13.3. The summed E-state index contributed by atoms with van der Waals surface area (Å²) in [4.78, 5) is 2.26. The fourth-order valence-corrected chi connectivity index (χ4v) is 3.08. The van der Waals surface area contributed by atoms with Crippen LogP contribution in [0.5, 0.6) is 0 Å². The van der Waals surface area contributed by atoms with Gasteiger partial charge in [0, 0.05) is 31.3 Å². The predicted octanol–water partition coefficient (Wildman–Crippen LogP) is 2.86. The summed E-state index contributed by atoms with van der Waals surface area (Å²) in [6, 6.07) is 4.52. The smallest absolute Gasteiger partial charge is 0.123 e. The van der Waals surface area contributed by atoms with E-state index < -0.39 is 0 Å². The summed E-state index contributed by atoms with van der Waals surface area (Å²) in [5, 5.41) is 0.617. The average molecular weight is 300 g/mol. The lowest BCUT2D eigenvalue weighted by Crippen LogP contribution is -2.47. The predicted molar refractivity (Wildman–Crippen MR) is 75.4 cm³/mol. The third kappa shape index (κ3) is 3.31. The van der Waals surface area contributed by atoms with Gasteiger partial charge >= 0.3 is 0 Å². The lowest BCUT2D eigenvalue weighted by Gasteiger charge is -2.35. The second-order valence-electron chi connectivity index (χ2n) is 5.43. The van der Waals surface area contributed by atoms with Crippen LogP contribution in [0.3, 0.4) is 0 Å². The minimum atomic E-state index is -0.242. The van der Waals surface area contributed by atoms with E-state index in [2.05, 4.69) is 4.90 Å². The quantitative estimate of drug-likeness (QED) is 0.857. The van der Waals surface area contributed by atoms with Crippen molar-refractivity contribution in [3.8, 4) is 0 Å². The molecule has 0 aliphatic carbocycles. The molecule has 0 radical (unpaired) electrons. The van der Waals surface area contributed by atoms with Gasteiger partial charge in [-0.1, -0.05) is 11.6 Å². The van der Waals surface area contributed by atoms with Gasteiger partial charge in [0.05, 0.1) is 18.8 Å². The molecule has 0 amide bonds. The molecule has 3 rings (SSSR count).